The molecule has 3 aliphatic rings. The molecule has 1 aromatic heterocycles. The number of aromatic nitrogens is 3. The molecular formula is C21H23N5O4. The summed E-state index contributed by atoms with van der Waals surface area (Å²) in [5.74, 6) is -0.122. The van der Waals surface area contributed by atoms with Crippen molar-refractivity contribution in [1.29, 1.82) is 0 Å². The van der Waals surface area contributed by atoms with Crippen LogP contribution in [0.5, 0.6) is 0 Å². The maximum Gasteiger partial charge on any atom is 0.255 e. The summed E-state index contributed by atoms with van der Waals surface area (Å²) in [6, 6.07) is 4.90. The number of aliphatic hydroxyl groups excluding tert-OH is 1. The number of benzene rings is 1. The fourth-order valence-corrected chi connectivity index (χ4v) is 4.42. The largest absolute Gasteiger partial charge is 0.396 e. The van der Waals surface area contributed by atoms with Crippen molar-refractivity contribution in [3.05, 3.63) is 41.2 Å². The first-order chi connectivity index (χ1) is 14.5. The molecule has 30 heavy (non-hydrogen) atoms. The number of aliphatic hydroxyl groups is 1. The van der Waals surface area contributed by atoms with E-state index in [0.717, 1.165) is 29.8 Å². The number of hydrogen-bond donors (Lipinski definition) is 2. The highest BCUT2D eigenvalue weighted by Crippen LogP contribution is 2.38. The van der Waals surface area contributed by atoms with Crippen LogP contribution in [0.3, 0.4) is 0 Å². The minimum atomic E-state index is -0.623. The van der Waals surface area contributed by atoms with Crippen molar-refractivity contribution in [3.8, 4) is 5.69 Å². The first-order valence-corrected chi connectivity index (χ1v) is 10.3. The van der Waals surface area contributed by atoms with E-state index in [0.29, 0.717) is 30.9 Å². The smallest absolute Gasteiger partial charge is 0.255 e. The van der Waals surface area contributed by atoms with Gasteiger partial charge in [-0.25, -0.2) is 4.68 Å². The van der Waals surface area contributed by atoms with Gasteiger partial charge in [0, 0.05) is 25.1 Å². The molecule has 2 unspecified atom stereocenters. The number of amides is 3. The van der Waals surface area contributed by atoms with Crippen LogP contribution < -0.4 is 5.32 Å². The first kappa shape index (κ1) is 18.9. The highest BCUT2D eigenvalue weighted by molar-refractivity contribution is 6.05. The third-order valence-electron chi connectivity index (χ3n) is 6.31. The third-order valence-corrected chi connectivity index (χ3v) is 6.31. The standard InChI is InChI=1S/C21H23N5O4/c27-11-14(12-1-2-12)7-15-10-26(24-23-15)16-4-3-13-9-25(21(30)17(13)8-16)18-5-6-19(28)22-20(18)29/h3-4,8,10,12,14,18,27H,1-2,5-7,9,11H2,(H,22,28,29). The van der Waals surface area contributed by atoms with Crippen molar-refractivity contribution < 1.29 is 19.5 Å². The highest BCUT2D eigenvalue weighted by Gasteiger charge is 2.39. The zero-order valence-electron chi connectivity index (χ0n) is 16.5. The topological polar surface area (TPSA) is 117 Å². The number of hydrogen-bond acceptors (Lipinski definition) is 6. The van der Waals surface area contributed by atoms with Crippen LogP contribution in [0, 0.1) is 11.8 Å². The lowest BCUT2D eigenvalue weighted by Gasteiger charge is -2.29. The van der Waals surface area contributed by atoms with Crippen molar-refractivity contribution >= 4 is 17.7 Å². The van der Waals surface area contributed by atoms with Crippen molar-refractivity contribution in [3.63, 3.8) is 0 Å². The summed E-state index contributed by atoms with van der Waals surface area (Å²) in [7, 11) is 0. The first-order valence-electron chi connectivity index (χ1n) is 10.3. The number of carbonyl (C=O) groups is 3. The van der Waals surface area contributed by atoms with Gasteiger partial charge >= 0.3 is 0 Å². The summed E-state index contributed by atoms with van der Waals surface area (Å²) < 4.78 is 1.64. The Balaban J connectivity index is 1.34. The molecule has 1 aromatic carbocycles. The molecule has 5 rings (SSSR count). The molecular weight excluding hydrogens is 386 g/mol. The number of nitrogens with one attached hydrogen (secondary N) is 1. The van der Waals surface area contributed by atoms with E-state index in [4.69, 9.17) is 0 Å². The van der Waals surface area contributed by atoms with E-state index in [1.54, 1.807) is 10.7 Å². The molecule has 0 bridgehead atoms. The SMILES string of the molecule is O=C1CCC(N2Cc3ccc(-n4cc(CC(CO)C5CC5)nn4)cc3C2=O)C(=O)N1. The van der Waals surface area contributed by atoms with Crippen LogP contribution in [0.4, 0.5) is 0 Å². The van der Waals surface area contributed by atoms with Crippen molar-refractivity contribution in [1.82, 2.24) is 25.2 Å². The molecule has 0 radical (unpaired) electrons. The summed E-state index contributed by atoms with van der Waals surface area (Å²) in [6.45, 7) is 0.504. The van der Waals surface area contributed by atoms with Crippen LogP contribution in [-0.2, 0) is 22.6 Å². The van der Waals surface area contributed by atoms with Gasteiger partial charge in [0.1, 0.15) is 6.04 Å². The summed E-state index contributed by atoms with van der Waals surface area (Å²) in [5, 5.41) is 20.3. The van der Waals surface area contributed by atoms with E-state index in [1.165, 1.54) is 4.90 Å². The Hall–Kier alpha value is -3.07. The molecule has 9 heteroatoms. The van der Waals surface area contributed by atoms with Crippen molar-refractivity contribution in [2.75, 3.05) is 6.61 Å². The number of piperidine rings is 1. The van der Waals surface area contributed by atoms with Crippen molar-refractivity contribution in [2.45, 2.75) is 44.7 Å². The summed E-state index contributed by atoms with van der Waals surface area (Å²) >= 11 is 0. The Morgan fingerprint density at radius 1 is 1.20 bits per heavy atom. The fourth-order valence-electron chi connectivity index (χ4n) is 4.42. The number of imide groups is 1. The third kappa shape index (κ3) is 3.39. The van der Waals surface area contributed by atoms with E-state index in [1.807, 2.05) is 18.3 Å². The number of fused-ring (bicyclic) bond motifs is 1. The van der Waals surface area contributed by atoms with Gasteiger partial charge in [0.05, 0.1) is 17.6 Å². The van der Waals surface area contributed by atoms with E-state index in [-0.39, 0.29) is 30.8 Å². The molecule has 1 saturated carbocycles. The minimum absolute atomic E-state index is 0.154. The quantitative estimate of drug-likeness (QED) is 0.675. The van der Waals surface area contributed by atoms with Crippen LogP contribution in [-0.4, -0.2) is 55.4 Å². The molecule has 2 atom stereocenters. The average Bonchev–Trinajstić information content (AvgIpc) is 3.39. The molecule has 1 aliphatic carbocycles. The molecule has 1 saturated heterocycles. The van der Waals surface area contributed by atoms with Crippen LogP contribution in [0.15, 0.2) is 24.4 Å². The average molecular weight is 409 g/mol. The Bertz CT molecular complexity index is 1030. The highest BCUT2D eigenvalue weighted by atomic mass is 16.3. The molecule has 2 fully saturated rings. The number of rotatable bonds is 6. The Labute approximate surface area is 173 Å². The monoisotopic (exact) mass is 409 g/mol. The predicted octanol–water partition coefficient (Wildman–Crippen LogP) is 0.589. The second-order valence-corrected chi connectivity index (χ2v) is 8.38. The summed E-state index contributed by atoms with van der Waals surface area (Å²) in [6.07, 6.45) is 5.43. The van der Waals surface area contributed by atoms with Gasteiger partial charge in [-0.05, 0) is 55.2 Å². The van der Waals surface area contributed by atoms with Gasteiger partial charge < -0.3 is 10.0 Å². The predicted molar refractivity (Wildman–Crippen MR) is 104 cm³/mol. The maximum atomic E-state index is 13.0. The summed E-state index contributed by atoms with van der Waals surface area (Å²) in [5.41, 5.74) is 2.93. The molecule has 9 nitrogen and oxygen atoms in total. The van der Waals surface area contributed by atoms with Crippen LogP contribution >= 0.6 is 0 Å². The molecule has 2 N–H and O–H groups in total. The lowest BCUT2D eigenvalue weighted by Crippen LogP contribution is -2.52. The van der Waals surface area contributed by atoms with Crippen molar-refractivity contribution in [2.24, 2.45) is 11.8 Å². The van der Waals surface area contributed by atoms with Gasteiger partial charge in [0.2, 0.25) is 11.8 Å². The van der Waals surface area contributed by atoms with E-state index >= 15 is 0 Å². The van der Waals surface area contributed by atoms with E-state index in [2.05, 4.69) is 15.6 Å². The zero-order valence-corrected chi connectivity index (χ0v) is 16.5. The zero-order chi connectivity index (χ0) is 20.8. The van der Waals surface area contributed by atoms with Gasteiger partial charge in [0.15, 0.2) is 0 Å². The molecule has 2 aliphatic heterocycles. The van der Waals surface area contributed by atoms with Gasteiger partial charge in [-0.3, -0.25) is 19.7 Å². The van der Waals surface area contributed by atoms with Gasteiger partial charge in [0.25, 0.3) is 5.91 Å². The molecule has 2 aromatic rings. The Kier molecular flexibility index (Phi) is 4.62. The normalized spacial score (nSPS) is 22.2. The molecule has 3 heterocycles. The Morgan fingerprint density at radius 2 is 2.03 bits per heavy atom. The second kappa shape index (κ2) is 7.32. The van der Waals surface area contributed by atoms with Gasteiger partial charge in [-0.2, -0.15) is 0 Å². The molecule has 156 valence electrons. The molecule has 3 amide bonds. The number of carbonyl (C=O) groups excluding carboxylic acids is 3. The van der Waals surface area contributed by atoms with E-state index < -0.39 is 11.9 Å². The maximum absolute atomic E-state index is 13.0. The van der Waals surface area contributed by atoms with Crippen LogP contribution in [0.2, 0.25) is 0 Å². The van der Waals surface area contributed by atoms with E-state index in [9.17, 15) is 19.5 Å². The lowest BCUT2D eigenvalue weighted by molar-refractivity contribution is -0.136. The van der Waals surface area contributed by atoms with Crippen LogP contribution in [0.25, 0.3) is 5.69 Å². The summed E-state index contributed by atoms with van der Waals surface area (Å²) in [4.78, 5) is 38.1. The van der Waals surface area contributed by atoms with Gasteiger partial charge in [-0.15, -0.1) is 5.10 Å². The fraction of sp³-hybridized carbons (Fsp3) is 0.476. The second-order valence-electron chi connectivity index (χ2n) is 8.38. The lowest BCUT2D eigenvalue weighted by atomic mass is 9.99. The van der Waals surface area contributed by atoms with Gasteiger partial charge in [-0.1, -0.05) is 11.3 Å². The Morgan fingerprint density at radius 3 is 2.77 bits per heavy atom. The van der Waals surface area contributed by atoms with Crippen LogP contribution in [0.1, 0.15) is 47.3 Å². The minimum Gasteiger partial charge on any atom is -0.396 e. The molecule has 0 spiro atoms. The number of nitrogens with zero attached hydrogens (tertiary/aromatic N) is 4.